The molecule has 0 saturated heterocycles. The first kappa shape index (κ1) is 17.8. The Labute approximate surface area is 152 Å². The van der Waals surface area contributed by atoms with Crippen LogP contribution in [0.5, 0.6) is 5.88 Å². The molecule has 2 N–H and O–H groups in total. The van der Waals surface area contributed by atoms with Crippen LogP contribution in [-0.4, -0.2) is 33.1 Å². The van der Waals surface area contributed by atoms with E-state index in [4.69, 9.17) is 16.7 Å². The van der Waals surface area contributed by atoms with Crippen LogP contribution in [0.1, 0.15) is 10.4 Å². The summed E-state index contributed by atoms with van der Waals surface area (Å²) < 4.78 is 26.4. The van der Waals surface area contributed by atoms with E-state index in [1.54, 1.807) is 0 Å². The molecule has 0 spiro atoms. The van der Waals surface area contributed by atoms with Crippen LogP contribution in [0.15, 0.2) is 64.4 Å². The highest BCUT2D eigenvalue weighted by Gasteiger charge is 2.25. The van der Waals surface area contributed by atoms with Crippen molar-refractivity contribution < 1.29 is 23.4 Å². The molecule has 1 aromatic heterocycles. The van der Waals surface area contributed by atoms with Gasteiger partial charge in [0.25, 0.3) is 10.0 Å². The minimum atomic E-state index is -4.35. The fourth-order valence-corrected chi connectivity index (χ4v) is 3.71. The molecule has 26 heavy (non-hydrogen) atoms. The van der Waals surface area contributed by atoms with Gasteiger partial charge in [-0.2, -0.15) is 0 Å². The van der Waals surface area contributed by atoms with E-state index in [2.05, 4.69) is 0 Å². The van der Waals surface area contributed by atoms with Gasteiger partial charge in [-0.3, -0.25) is 4.57 Å². The Morgan fingerprint density at radius 1 is 1.00 bits per heavy atom. The van der Waals surface area contributed by atoms with E-state index in [-0.39, 0.29) is 20.1 Å². The molecule has 0 atom stereocenters. The van der Waals surface area contributed by atoms with Gasteiger partial charge < -0.3 is 10.2 Å². The fourth-order valence-electron chi connectivity index (χ4n) is 2.31. The van der Waals surface area contributed by atoms with E-state index in [0.29, 0.717) is 5.02 Å². The summed E-state index contributed by atoms with van der Waals surface area (Å²) in [6, 6.07) is 10.3. The Morgan fingerprint density at radius 3 is 2.12 bits per heavy atom. The Balaban J connectivity index is 2.13. The first-order valence-corrected chi connectivity index (χ1v) is 8.92. The van der Waals surface area contributed by atoms with Gasteiger partial charge in [-0.15, -0.1) is 3.97 Å². The van der Waals surface area contributed by atoms with Crippen LogP contribution >= 0.6 is 11.6 Å². The lowest BCUT2D eigenvalue weighted by molar-refractivity contribution is 0.0697. The molecule has 2 aromatic carbocycles. The molecule has 0 radical (unpaired) electrons. The number of carboxylic acids is 1. The maximum absolute atomic E-state index is 12.6. The van der Waals surface area contributed by atoms with Crippen LogP contribution in [0.2, 0.25) is 5.02 Å². The second-order valence-corrected chi connectivity index (χ2v) is 7.44. The van der Waals surface area contributed by atoms with E-state index in [1.807, 2.05) is 0 Å². The average Bonchev–Trinajstić information content (AvgIpc) is 2.90. The summed E-state index contributed by atoms with van der Waals surface area (Å²) >= 11 is 5.73. The van der Waals surface area contributed by atoms with E-state index >= 15 is 0 Å². The minimum absolute atomic E-state index is 0.000704. The number of imidazole rings is 1. The average molecular weight is 395 g/mol. The Kier molecular flexibility index (Phi) is 4.34. The number of hydrogen-bond donors (Lipinski definition) is 2. The van der Waals surface area contributed by atoms with Crippen LogP contribution in [0.4, 0.5) is 0 Å². The number of benzene rings is 2. The van der Waals surface area contributed by atoms with Crippen molar-refractivity contribution in [3.8, 4) is 11.6 Å². The monoisotopic (exact) mass is 394 g/mol. The van der Waals surface area contributed by atoms with Gasteiger partial charge in [0.15, 0.2) is 0 Å². The van der Waals surface area contributed by atoms with Crippen LogP contribution in [0.25, 0.3) is 5.69 Å². The Bertz CT molecular complexity index is 1140. The van der Waals surface area contributed by atoms with Crippen molar-refractivity contribution in [2.75, 3.05) is 0 Å². The second kappa shape index (κ2) is 6.36. The zero-order chi connectivity index (χ0) is 19.1. The van der Waals surface area contributed by atoms with Crippen molar-refractivity contribution in [2.24, 2.45) is 0 Å². The predicted molar refractivity (Wildman–Crippen MR) is 92.7 cm³/mol. The molecule has 0 saturated carbocycles. The molecule has 0 aliphatic heterocycles. The molecular weight excluding hydrogens is 384 g/mol. The number of rotatable bonds is 4. The second-order valence-electron chi connectivity index (χ2n) is 5.22. The summed E-state index contributed by atoms with van der Waals surface area (Å²) in [6.07, 6.45) is 0.936. The highest BCUT2D eigenvalue weighted by atomic mass is 35.5. The quantitative estimate of drug-likeness (QED) is 0.698. The molecule has 0 aliphatic rings. The standard InChI is InChI=1S/C16H11ClN2O6S/c17-11-3-7-13(8-4-11)26(24,25)19-14(20)9-18(16(19)23)12-5-1-10(2-6-12)15(21)22/h1-9,20H,(H,21,22). The van der Waals surface area contributed by atoms with Gasteiger partial charge in [0.1, 0.15) is 0 Å². The minimum Gasteiger partial charge on any atom is -0.493 e. The molecule has 10 heteroatoms. The third kappa shape index (κ3) is 2.98. The summed E-state index contributed by atoms with van der Waals surface area (Å²) in [6.45, 7) is 0. The van der Waals surface area contributed by atoms with Gasteiger partial charge in [-0.05, 0) is 48.5 Å². The number of aromatic nitrogens is 2. The van der Waals surface area contributed by atoms with Crippen LogP contribution in [0, 0.1) is 0 Å². The van der Waals surface area contributed by atoms with Crippen molar-refractivity contribution in [3.63, 3.8) is 0 Å². The molecule has 8 nitrogen and oxygen atoms in total. The summed E-state index contributed by atoms with van der Waals surface area (Å²) in [5.41, 5.74) is -0.833. The number of hydrogen-bond acceptors (Lipinski definition) is 5. The van der Waals surface area contributed by atoms with E-state index in [1.165, 1.54) is 48.5 Å². The summed E-state index contributed by atoms with van der Waals surface area (Å²) in [4.78, 5) is 23.2. The van der Waals surface area contributed by atoms with Crippen molar-refractivity contribution >= 4 is 27.6 Å². The molecule has 0 bridgehead atoms. The fraction of sp³-hybridized carbons (Fsp3) is 0. The van der Waals surface area contributed by atoms with Crippen molar-refractivity contribution in [2.45, 2.75) is 4.90 Å². The number of carboxylic acid groups (broad SMARTS) is 1. The van der Waals surface area contributed by atoms with E-state index in [0.717, 1.165) is 10.8 Å². The lowest BCUT2D eigenvalue weighted by Crippen LogP contribution is -2.28. The van der Waals surface area contributed by atoms with Crippen molar-refractivity contribution in [1.82, 2.24) is 8.54 Å². The third-order valence-electron chi connectivity index (χ3n) is 3.58. The van der Waals surface area contributed by atoms with Crippen LogP contribution < -0.4 is 5.69 Å². The number of aromatic carboxylic acids is 1. The highest BCUT2D eigenvalue weighted by Crippen LogP contribution is 2.21. The first-order valence-electron chi connectivity index (χ1n) is 7.10. The van der Waals surface area contributed by atoms with Gasteiger partial charge in [0, 0.05) is 5.02 Å². The molecule has 0 unspecified atom stereocenters. The molecule has 0 fully saturated rings. The lowest BCUT2D eigenvalue weighted by atomic mass is 10.2. The predicted octanol–water partition coefficient (Wildman–Crippen LogP) is 1.93. The third-order valence-corrected chi connectivity index (χ3v) is 5.52. The number of aromatic hydroxyl groups is 1. The zero-order valence-electron chi connectivity index (χ0n) is 12.9. The Morgan fingerprint density at radius 2 is 1.58 bits per heavy atom. The van der Waals surface area contributed by atoms with Crippen molar-refractivity contribution in [3.05, 3.63) is 75.8 Å². The largest absolute Gasteiger partial charge is 0.493 e. The van der Waals surface area contributed by atoms with Crippen LogP contribution in [0.3, 0.4) is 0 Å². The molecule has 0 aliphatic carbocycles. The van der Waals surface area contributed by atoms with Crippen LogP contribution in [-0.2, 0) is 10.0 Å². The molecule has 3 aromatic rings. The molecule has 0 amide bonds. The van der Waals surface area contributed by atoms with Crippen molar-refractivity contribution in [1.29, 1.82) is 0 Å². The van der Waals surface area contributed by atoms with Gasteiger partial charge in [0.2, 0.25) is 5.88 Å². The van der Waals surface area contributed by atoms with Gasteiger partial charge in [-0.1, -0.05) is 11.6 Å². The number of nitrogens with zero attached hydrogens (tertiary/aromatic N) is 2. The molecule has 134 valence electrons. The topological polar surface area (TPSA) is 119 Å². The lowest BCUT2D eigenvalue weighted by Gasteiger charge is -2.05. The van der Waals surface area contributed by atoms with Gasteiger partial charge in [0.05, 0.1) is 22.3 Å². The maximum Gasteiger partial charge on any atom is 0.350 e. The number of carbonyl (C=O) groups is 1. The normalized spacial score (nSPS) is 11.4. The van der Waals surface area contributed by atoms with E-state index < -0.39 is 27.6 Å². The summed E-state index contributed by atoms with van der Waals surface area (Å²) in [5.74, 6) is -1.93. The molecule has 3 rings (SSSR count). The van der Waals surface area contributed by atoms with Gasteiger partial charge in [-0.25, -0.2) is 18.0 Å². The molecule has 1 heterocycles. The molecular formula is C16H11ClN2O6S. The van der Waals surface area contributed by atoms with Gasteiger partial charge >= 0.3 is 11.7 Å². The summed E-state index contributed by atoms with van der Waals surface area (Å²) in [7, 11) is -4.35. The highest BCUT2D eigenvalue weighted by molar-refractivity contribution is 7.90. The Hall–Kier alpha value is -3.04. The van der Waals surface area contributed by atoms with E-state index in [9.17, 15) is 23.1 Å². The SMILES string of the molecule is O=C(O)c1ccc(-n2cc(O)n(S(=O)(=O)c3ccc(Cl)cc3)c2=O)cc1. The smallest absolute Gasteiger partial charge is 0.350 e. The summed E-state index contributed by atoms with van der Waals surface area (Å²) in [5, 5.41) is 19.2. The first-order chi connectivity index (χ1) is 12.2. The number of halogens is 1. The zero-order valence-corrected chi connectivity index (χ0v) is 14.5. The maximum atomic E-state index is 12.6.